The molecule has 0 N–H and O–H groups in total. The van der Waals surface area contributed by atoms with Crippen LogP contribution in [0.15, 0.2) is 36.4 Å². The second kappa shape index (κ2) is 6.73. The average molecular weight is 346 g/mol. The van der Waals surface area contributed by atoms with E-state index >= 15 is 0 Å². The summed E-state index contributed by atoms with van der Waals surface area (Å²) in [5.74, 6) is 1.09. The SMILES string of the molecule is CCN1C(=O)[C@H](Cc2cc(OC)c(OC)cc2Cl)c2ccccc21. The lowest BCUT2D eigenvalue weighted by Crippen LogP contribution is -2.29. The Kier molecular flexibility index (Phi) is 4.67. The van der Waals surface area contributed by atoms with Crippen LogP contribution in [0, 0.1) is 0 Å². The third-order valence-electron chi connectivity index (χ3n) is 4.46. The minimum absolute atomic E-state index is 0.115. The van der Waals surface area contributed by atoms with Gasteiger partial charge in [-0.2, -0.15) is 0 Å². The average Bonchev–Trinajstić information content (AvgIpc) is 2.87. The molecule has 2 aromatic carbocycles. The van der Waals surface area contributed by atoms with Gasteiger partial charge in [0.15, 0.2) is 11.5 Å². The van der Waals surface area contributed by atoms with E-state index in [1.807, 2.05) is 42.2 Å². The van der Waals surface area contributed by atoms with Crippen LogP contribution in [0.4, 0.5) is 5.69 Å². The van der Waals surface area contributed by atoms with Gasteiger partial charge >= 0.3 is 0 Å². The number of anilines is 1. The number of carbonyl (C=O) groups excluding carboxylic acids is 1. The molecule has 1 atom stereocenters. The number of hydrogen-bond acceptors (Lipinski definition) is 3. The van der Waals surface area contributed by atoms with E-state index in [0.717, 1.165) is 16.8 Å². The van der Waals surface area contributed by atoms with E-state index in [2.05, 4.69) is 0 Å². The third kappa shape index (κ3) is 2.71. The van der Waals surface area contributed by atoms with Gasteiger partial charge in [0, 0.05) is 23.3 Å². The molecule has 0 unspecified atom stereocenters. The number of fused-ring (bicyclic) bond motifs is 1. The number of ether oxygens (including phenoxy) is 2. The fourth-order valence-electron chi connectivity index (χ4n) is 3.26. The number of nitrogens with zero attached hydrogens (tertiary/aromatic N) is 1. The van der Waals surface area contributed by atoms with Crippen molar-refractivity contribution < 1.29 is 14.3 Å². The van der Waals surface area contributed by atoms with Crippen molar-refractivity contribution in [1.29, 1.82) is 0 Å². The number of amides is 1. The van der Waals surface area contributed by atoms with Crippen molar-refractivity contribution in [1.82, 2.24) is 0 Å². The molecule has 24 heavy (non-hydrogen) atoms. The Morgan fingerprint density at radius 2 is 1.79 bits per heavy atom. The molecule has 0 saturated carbocycles. The highest BCUT2D eigenvalue weighted by atomic mass is 35.5. The molecule has 1 amide bonds. The summed E-state index contributed by atoms with van der Waals surface area (Å²) in [6, 6.07) is 11.5. The van der Waals surface area contributed by atoms with Gasteiger partial charge in [0.05, 0.1) is 20.1 Å². The maximum absolute atomic E-state index is 12.8. The molecule has 126 valence electrons. The Morgan fingerprint density at radius 3 is 2.46 bits per heavy atom. The van der Waals surface area contributed by atoms with Gasteiger partial charge in [-0.05, 0) is 36.6 Å². The standard InChI is InChI=1S/C19H20ClNO3/c1-4-21-16-8-6-5-7-13(16)14(19(21)22)9-12-10-17(23-2)18(24-3)11-15(12)20/h5-8,10-11,14H,4,9H2,1-3H3/t14-/m1/s1. The number of hydrogen-bond donors (Lipinski definition) is 0. The summed E-state index contributed by atoms with van der Waals surface area (Å²) in [5.41, 5.74) is 2.92. The van der Waals surface area contributed by atoms with Crippen LogP contribution in [0.2, 0.25) is 5.02 Å². The molecular weight excluding hydrogens is 326 g/mol. The first kappa shape index (κ1) is 16.7. The molecule has 0 spiro atoms. The topological polar surface area (TPSA) is 38.8 Å². The normalized spacial score (nSPS) is 16.2. The van der Waals surface area contributed by atoms with Gasteiger partial charge in [-0.3, -0.25) is 4.79 Å². The molecule has 1 heterocycles. The molecule has 3 rings (SSSR count). The maximum Gasteiger partial charge on any atom is 0.234 e. The number of rotatable bonds is 5. The van der Waals surface area contributed by atoms with Gasteiger partial charge in [-0.25, -0.2) is 0 Å². The number of methoxy groups -OCH3 is 2. The molecule has 0 fully saturated rings. The summed E-state index contributed by atoms with van der Waals surface area (Å²) in [7, 11) is 3.16. The van der Waals surface area contributed by atoms with Gasteiger partial charge in [0.2, 0.25) is 5.91 Å². The van der Waals surface area contributed by atoms with Gasteiger partial charge in [0.1, 0.15) is 0 Å². The molecule has 2 aromatic rings. The first-order valence-corrected chi connectivity index (χ1v) is 8.29. The summed E-state index contributed by atoms with van der Waals surface area (Å²) >= 11 is 6.40. The summed E-state index contributed by atoms with van der Waals surface area (Å²) < 4.78 is 10.6. The number of halogens is 1. The molecule has 1 aliphatic rings. The highest BCUT2D eigenvalue weighted by Gasteiger charge is 2.36. The first-order valence-electron chi connectivity index (χ1n) is 7.91. The van der Waals surface area contributed by atoms with E-state index in [1.165, 1.54) is 0 Å². The van der Waals surface area contributed by atoms with Crippen molar-refractivity contribution in [3.63, 3.8) is 0 Å². The summed E-state index contributed by atoms with van der Waals surface area (Å²) in [6.07, 6.45) is 0.533. The molecule has 0 saturated heterocycles. The predicted octanol–water partition coefficient (Wildman–Crippen LogP) is 4.05. The Hall–Kier alpha value is -2.20. The zero-order valence-electron chi connectivity index (χ0n) is 14.0. The van der Waals surface area contributed by atoms with E-state index < -0.39 is 0 Å². The lowest BCUT2D eigenvalue weighted by molar-refractivity contribution is -0.119. The van der Waals surface area contributed by atoms with Crippen molar-refractivity contribution in [2.75, 3.05) is 25.7 Å². The van der Waals surface area contributed by atoms with E-state index in [-0.39, 0.29) is 11.8 Å². The van der Waals surface area contributed by atoms with Crippen molar-refractivity contribution in [2.45, 2.75) is 19.3 Å². The Balaban J connectivity index is 1.98. The van der Waals surface area contributed by atoms with Crippen molar-refractivity contribution in [3.05, 3.63) is 52.5 Å². The molecule has 0 bridgehead atoms. The van der Waals surface area contributed by atoms with E-state index in [1.54, 1.807) is 20.3 Å². The monoisotopic (exact) mass is 345 g/mol. The van der Waals surface area contributed by atoms with Crippen LogP contribution in [0.3, 0.4) is 0 Å². The zero-order valence-corrected chi connectivity index (χ0v) is 14.8. The number of para-hydroxylation sites is 1. The number of benzene rings is 2. The molecule has 0 aromatic heterocycles. The highest BCUT2D eigenvalue weighted by Crippen LogP contribution is 2.41. The Morgan fingerprint density at radius 1 is 1.12 bits per heavy atom. The van der Waals surface area contributed by atoms with Gasteiger partial charge in [0.25, 0.3) is 0 Å². The smallest absolute Gasteiger partial charge is 0.234 e. The highest BCUT2D eigenvalue weighted by molar-refractivity contribution is 6.31. The minimum atomic E-state index is -0.225. The van der Waals surface area contributed by atoms with Crippen LogP contribution in [-0.4, -0.2) is 26.7 Å². The third-order valence-corrected chi connectivity index (χ3v) is 4.81. The summed E-state index contributed by atoms with van der Waals surface area (Å²) in [4.78, 5) is 14.6. The van der Waals surface area contributed by atoms with Crippen LogP contribution in [0.25, 0.3) is 0 Å². The van der Waals surface area contributed by atoms with E-state index in [0.29, 0.717) is 29.5 Å². The van der Waals surface area contributed by atoms with Crippen LogP contribution in [0.5, 0.6) is 11.5 Å². The second-order valence-corrected chi connectivity index (χ2v) is 6.10. The van der Waals surface area contributed by atoms with Gasteiger partial charge < -0.3 is 14.4 Å². The summed E-state index contributed by atoms with van der Waals surface area (Å²) in [6.45, 7) is 2.65. The summed E-state index contributed by atoms with van der Waals surface area (Å²) in [5, 5.41) is 0.577. The predicted molar refractivity (Wildman–Crippen MR) is 95.5 cm³/mol. The zero-order chi connectivity index (χ0) is 17.3. The number of carbonyl (C=O) groups is 1. The quantitative estimate of drug-likeness (QED) is 0.820. The van der Waals surface area contributed by atoms with Crippen molar-refractivity contribution in [3.8, 4) is 11.5 Å². The Bertz CT molecular complexity index is 775. The molecule has 5 heteroatoms. The van der Waals surface area contributed by atoms with Crippen molar-refractivity contribution >= 4 is 23.2 Å². The first-order chi connectivity index (χ1) is 11.6. The fourth-order valence-corrected chi connectivity index (χ4v) is 3.49. The lowest BCUT2D eigenvalue weighted by Gasteiger charge is -2.16. The molecule has 0 aliphatic carbocycles. The molecule has 4 nitrogen and oxygen atoms in total. The lowest BCUT2D eigenvalue weighted by atomic mass is 9.93. The van der Waals surface area contributed by atoms with Gasteiger partial charge in [-0.1, -0.05) is 29.8 Å². The van der Waals surface area contributed by atoms with Crippen molar-refractivity contribution in [2.24, 2.45) is 0 Å². The Labute approximate surface area is 146 Å². The van der Waals surface area contributed by atoms with E-state index in [9.17, 15) is 4.79 Å². The largest absolute Gasteiger partial charge is 0.493 e. The van der Waals surface area contributed by atoms with Crippen LogP contribution >= 0.6 is 11.6 Å². The minimum Gasteiger partial charge on any atom is -0.493 e. The van der Waals surface area contributed by atoms with Crippen LogP contribution < -0.4 is 14.4 Å². The van der Waals surface area contributed by atoms with Crippen LogP contribution in [-0.2, 0) is 11.2 Å². The molecular formula is C19H20ClNO3. The second-order valence-electron chi connectivity index (χ2n) is 5.70. The molecule has 1 aliphatic heterocycles. The van der Waals surface area contributed by atoms with E-state index in [4.69, 9.17) is 21.1 Å². The number of likely N-dealkylation sites (N-methyl/N-ethyl adjacent to an activating group) is 1. The fraction of sp³-hybridized carbons (Fsp3) is 0.316. The maximum atomic E-state index is 12.8. The van der Waals surface area contributed by atoms with Gasteiger partial charge in [-0.15, -0.1) is 0 Å². The molecule has 0 radical (unpaired) electrons. The van der Waals surface area contributed by atoms with Crippen LogP contribution in [0.1, 0.15) is 24.0 Å².